The number of hydrogen-bond acceptors (Lipinski definition) is 5. The number of carbonyl (C=O) groups is 3. The van der Waals surface area contributed by atoms with E-state index in [1.165, 1.54) is 0 Å². The quantitative estimate of drug-likeness (QED) is 0.551. The highest BCUT2D eigenvalue weighted by Gasteiger charge is 2.35. The van der Waals surface area contributed by atoms with Gasteiger partial charge in [-0.1, -0.05) is 69.3 Å². The van der Waals surface area contributed by atoms with Crippen LogP contribution in [0.2, 0.25) is 0 Å². The van der Waals surface area contributed by atoms with Crippen molar-refractivity contribution in [1.82, 2.24) is 15.5 Å². The van der Waals surface area contributed by atoms with Gasteiger partial charge in [0, 0.05) is 12.5 Å². The molecule has 2 aromatic carbocycles. The summed E-state index contributed by atoms with van der Waals surface area (Å²) < 4.78 is 5.56. The summed E-state index contributed by atoms with van der Waals surface area (Å²) in [4.78, 5) is 39.0. The summed E-state index contributed by atoms with van der Waals surface area (Å²) in [5.74, 6) is -1.81. The Hall–Kier alpha value is -3.39. The number of carbonyl (C=O) groups excluding carboxylic acids is 2. The molecule has 1 aliphatic carbocycles. The molecule has 2 atom stereocenters. The first-order valence-corrected chi connectivity index (χ1v) is 11.3. The van der Waals surface area contributed by atoms with Gasteiger partial charge in [0.1, 0.15) is 18.7 Å². The number of likely N-dealkylation sites (N-methyl/N-ethyl adjacent to an activating group) is 1. The van der Waals surface area contributed by atoms with Crippen LogP contribution >= 0.6 is 0 Å². The number of rotatable bonds is 8. The smallest absolute Gasteiger partial charge is 0.407 e. The van der Waals surface area contributed by atoms with Crippen molar-refractivity contribution in [2.24, 2.45) is 5.41 Å². The van der Waals surface area contributed by atoms with Gasteiger partial charge in [-0.2, -0.15) is 0 Å². The van der Waals surface area contributed by atoms with E-state index in [4.69, 9.17) is 4.74 Å². The normalized spacial score (nSPS) is 14.6. The lowest BCUT2D eigenvalue weighted by Crippen LogP contribution is -2.57. The van der Waals surface area contributed by atoms with Crippen LogP contribution in [0.1, 0.15) is 37.8 Å². The van der Waals surface area contributed by atoms with E-state index in [2.05, 4.69) is 22.8 Å². The van der Waals surface area contributed by atoms with Gasteiger partial charge in [0.05, 0.1) is 0 Å². The van der Waals surface area contributed by atoms with Gasteiger partial charge >= 0.3 is 12.1 Å². The third kappa shape index (κ3) is 5.75. The Kier molecular flexibility index (Phi) is 7.61. The van der Waals surface area contributed by atoms with E-state index in [0.29, 0.717) is 0 Å². The van der Waals surface area contributed by atoms with Gasteiger partial charge in [-0.25, -0.2) is 9.59 Å². The molecule has 1 aliphatic rings. The minimum Gasteiger partial charge on any atom is -0.480 e. The first-order valence-electron chi connectivity index (χ1n) is 11.3. The Morgan fingerprint density at radius 2 is 1.50 bits per heavy atom. The van der Waals surface area contributed by atoms with E-state index in [0.717, 1.165) is 22.3 Å². The summed E-state index contributed by atoms with van der Waals surface area (Å²) >= 11 is 0. The number of carboxylic acids is 1. The fourth-order valence-corrected chi connectivity index (χ4v) is 4.23. The number of nitrogens with one attached hydrogen (secondary N) is 2. The predicted octanol–water partition coefficient (Wildman–Crippen LogP) is 3.07. The summed E-state index contributed by atoms with van der Waals surface area (Å²) in [7, 11) is 3.52. The van der Waals surface area contributed by atoms with E-state index >= 15 is 0 Å². The minimum atomic E-state index is -1.13. The zero-order valence-electron chi connectivity index (χ0n) is 20.3. The molecular weight excluding hydrogens is 434 g/mol. The summed E-state index contributed by atoms with van der Waals surface area (Å²) in [5.41, 5.74) is 3.73. The first-order chi connectivity index (χ1) is 16.0. The van der Waals surface area contributed by atoms with Crippen molar-refractivity contribution in [2.45, 2.75) is 38.8 Å². The van der Waals surface area contributed by atoms with Gasteiger partial charge in [0.25, 0.3) is 0 Å². The lowest BCUT2D eigenvalue weighted by molar-refractivity contribution is -0.145. The van der Waals surface area contributed by atoms with Crippen molar-refractivity contribution in [3.05, 3.63) is 59.7 Å². The molecule has 8 nitrogen and oxygen atoms in total. The number of amides is 2. The molecule has 0 aliphatic heterocycles. The molecule has 34 heavy (non-hydrogen) atoms. The third-order valence-corrected chi connectivity index (χ3v) is 5.90. The number of benzene rings is 2. The average Bonchev–Trinajstić information content (AvgIpc) is 3.08. The average molecular weight is 468 g/mol. The van der Waals surface area contributed by atoms with Gasteiger partial charge in [-0.05, 0) is 41.8 Å². The molecule has 0 heterocycles. The second kappa shape index (κ2) is 10.3. The number of hydrogen-bond donors (Lipinski definition) is 3. The summed E-state index contributed by atoms with van der Waals surface area (Å²) in [6.45, 7) is 5.49. The first kappa shape index (κ1) is 25.2. The van der Waals surface area contributed by atoms with Crippen LogP contribution in [0, 0.1) is 5.41 Å². The van der Waals surface area contributed by atoms with E-state index in [1.54, 1.807) is 39.8 Å². The number of fused-ring (bicyclic) bond motifs is 3. The topological polar surface area (TPSA) is 108 Å². The monoisotopic (exact) mass is 467 g/mol. The molecule has 0 radical (unpaired) electrons. The molecule has 8 heteroatoms. The van der Waals surface area contributed by atoms with E-state index in [9.17, 15) is 19.5 Å². The second-order valence-electron chi connectivity index (χ2n) is 9.93. The highest BCUT2D eigenvalue weighted by Crippen LogP contribution is 2.44. The molecule has 3 N–H and O–H groups in total. The number of aliphatic carboxylic acids is 1. The van der Waals surface area contributed by atoms with Crippen LogP contribution in [0.25, 0.3) is 11.1 Å². The third-order valence-electron chi connectivity index (χ3n) is 5.90. The van der Waals surface area contributed by atoms with E-state index in [-0.39, 0.29) is 19.1 Å². The second-order valence-corrected chi connectivity index (χ2v) is 9.93. The van der Waals surface area contributed by atoms with Crippen LogP contribution in [-0.2, 0) is 14.3 Å². The summed E-state index contributed by atoms with van der Waals surface area (Å²) in [5, 5.41) is 14.7. The minimum absolute atomic E-state index is 0.100. The SMILES string of the molecule is CN(C)CC(NC(=O)OCC1c2ccccc2-c2ccccc21)C(=O)N[C@@H](C(=O)O)C(C)(C)C. The maximum atomic E-state index is 12.9. The molecule has 3 rings (SSSR count). The van der Waals surface area contributed by atoms with Crippen LogP contribution < -0.4 is 10.6 Å². The van der Waals surface area contributed by atoms with Gasteiger partial charge in [0.15, 0.2) is 0 Å². The standard InChI is InChI=1S/C26H33N3O5/c1-26(2,3)22(24(31)32)28-23(30)21(14-29(4)5)27-25(33)34-15-20-18-12-8-6-10-16(18)17-11-7-9-13-19(17)20/h6-13,20-22H,14-15H2,1-5H3,(H,27,33)(H,28,30)(H,31,32)/t21?,22-/m0/s1. The molecule has 2 aromatic rings. The molecule has 0 spiro atoms. The Labute approximate surface area is 200 Å². The number of alkyl carbamates (subject to hydrolysis) is 1. The zero-order chi connectivity index (χ0) is 25.0. The number of ether oxygens (including phenoxy) is 1. The van der Waals surface area contributed by atoms with Gasteiger partial charge in [-0.15, -0.1) is 0 Å². The van der Waals surface area contributed by atoms with Crippen LogP contribution in [0.4, 0.5) is 4.79 Å². The van der Waals surface area contributed by atoms with Gasteiger partial charge in [-0.3, -0.25) is 4.79 Å². The van der Waals surface area contributed by atoms with Crippen molar-refractivity contribution >= 4 is 18.0 Å². The van der Waals surface area contributed by atoms with Gasteiger partial charge in [0.2, 0.25) is 5.91 Å². The maximum absolute atomic E-state index is 12.9. The summed E-state index contributed by atoms with van der Waals surface area (Å²) in [6, 6.07) is 14.0. The van der Waals surface area contributed by atoms with E-state index in [1.807, 2.05) is 36.4 Å². The van der Waals surface area contributed by atoms with Crippen LogP contribution in [0.15, 0.2) is 48.5 Å². The predicted molar refractivity (Wildman–Crippen MR) is 130 cm³/mol. The Balaban J connectivity index is 1.69. The maximum Gasteiger partial charge on any atom is 0.407 e. The van der Waals surface area contributed by atoms with Crippen molar-refractivity contribution in [1.29, 1.82) is 0 Å². The van der Waals surface area contributed by atoms with Crippen LogP contribution in [-0.4, -0.2) is 67.3 Å². The fourth-order valence-electron chi connectivity index (χ4n) is 4.23. The molecular formula is C26H33N3O5. The Morgan fingerprint density at radius 1 is 0.971 bits per heavy atom. The Morgan fingerprint density at radius 3 is 1.97 bits per heavy atom. The summed E-state index contributed by atoms with van der Waals surface area (Å²) in [6.07, 6.45) is -0.730. The molecule has 0 saturated carbocycles. The lowest BCUT2D eigenvalue weighted by atomic mass is 9.86. The van der Waals surface area contributed by atoms with Crippen LogP contribution in [0.3, 0.4) is 0 Å². The largest absolute Gasteiger partial charge is 0.480 e. The van der Waals surface area contributed by atoms with Crippen molar-refractivity contribution in [3.8, 4) is 11.1 Å². The fraction of sp³-hybridized carbons (Fsp3) is 0.423. The molecule has 1 unspecified atom stereocenters. The molecule has 182 valence electrons. The van der Waals surface area contributed by atoms with Crippen LogP contribution in [0.5, 0.6) is 0 Å². The highest BCUT2D eigenvalue weighted by atomic mass is 16.5. The van der Waals surface area contributed by atoms with E-state index < -0.39 is 35.5 Å². The molecule has 0 aromatic heterocycles. The molecule has 2 amide bonds. The zero-order valence-corrected chi connectivity index (χ0v) is 20.3. The van der Waals surface area contributed by atoms with Crippen molar-refractivity contribution < 1.29 is 24.2 Å². The van der Waals surface area contributed by atoms with Crippen molar-refractivity contribution in [2.75, 3.05) is 27.2 Å². The number of carboxylic acid groups (broad SMARTS) is 1. The lowest BCUT2D eigenvalue weighted by Gasteiger charge is -2.30. The number of nitrogens with zero attached hydrogens (tertiary/aromatic N) is 1. The van der Waals surface area contributed by atoms with Gasteiger partial charge < -0.3 is 25.4 Å². The Bertz CT molecular complexity index is 1010. The molecule has 0 saturated heterocycles. The molecule has 0 fully saturated rings. The molecule has 0 bridgehead atoms. The van der Waals surface area contributed by atoms with Crippen molar-refractivity contribution in [3.63, 3.8) is 0 Å². The highest BCUT2D eigenvalue weighted by molar-refractivity contribution is 5.89.